The Morgan fingerprint density at radius 3 is 2.25 bits per heavy atom. The fraction of sp³-hybridized carbons (Fsp3) is 0.750. The van der Waals surface area contributed by atoms with Gasteiger partial charge in [0.05, 0.1) is 6.61 Å². The highest BCUT2D eigenvalue weighted by atomic mass is 19.3. The maximum Gasteiger partial charge on any atom is 0.376 e. The summed E-state index contributed by atoms with van der Waals surface area (Å²) >= 11 is 0. The molecule has 4 aliphatic rings. The third-order valence-corrected chi connectivity index (χ3v) is 6.00. The second-order valence-electron chi connectivity index (χ2n) is 8.94. The van der Waals surface area contributed by atoms with E-state index in [1.807, 2.05) is 0 Å². The molecule has 0 aromatic rings. The molecule has 2 unspecified atom stereocenters. The maximum absolute atomic E-state index is 13.1. The highest BCUT2D eigenvalue weighted by Crippen LogP contribution is 2.62. The minimum Gasteiger partial charge on any atom is -0.461 e. The minimum atomic E-state index is -3.53. The van der Waals surface area contributed by atoms with E-state index in [2.05, 4.69) is 6.58 Å². The standard InChI is InChI=1S/C20H26F2O6/c1-12(2)16(24)26-9-15(23)28-20-7-13-4-14(8-20)6-19(5-13,10-20)11-27-17(25)18(3,21)22/h13-14H,1,4-11H2,2-3H3. The van der Waals surface area contributed by atoms with Crippen LogP contribution in [0.5, 0.6) is 0 Å². The van der Waals surface area contributed by atoms with Gasteiger partial charge >= 0.3 is 23.8 Å². The summed E-state index contributed by atoms with van der Waals surface area (Å²) in [6.07, 6.45) is 4.41. The van der Waals surface area contributed by atoms with E-state index >= 15 is 0 Å². The molecule has 0 aromatic heterocycles. The predicted octanol–water partition coefficient (Wildman–Crippen LogP) is 3.19. The fourth-order valence-corrected chi connectivity index (χ4v) is 5.52. The monoisotopic (exact) mass is 400 g/mol. The van der Waals surface area contributed by atoms with Crippen molar-refractivity contribution in [1.29, 1.82) is 0 Å². The Morgan fingerprint density at radius 2 is 1.71 bits per heavy atom. The van der Waals surface area contributed by atoms with Gasteiger partial charge in [-0.25, -0.2) is 14.4 Å². The van der Waals surface area contributed by atoms with Gasteiger partial charge in [-0.1, -0.05) is 6.58 Å². The lowest BCUT2D eigenvalue weighted by atomic mass is 9.48. The summed E-state index contributed by atoms with van der Waals surface area (Å²) < 4.78 is 41.8. The van der Waals surface area contributed by atoms with Crippen LogP contribution < -0.4 is 0 Å². The molecule has 8 heteroatoms. The second kappa shape index (κ2) is 7.12. The van der Waals surface area contributed by atoms with E-state index in [0.717, 1.165) is 19.3 Å². The Hall–Kier alpha value is -1.99. The van der Waals surface area contributed by atoms with Crippen molar-refractivity contribution in [3.05, 3.63) is 12.2 Å². The van der Waals surface area contributed by atoms with Gasteiger partial charge in [-0.2, -0.15) is 8.78 Å². The van der Waals surface area contributed by atoms with E-state index in [0.29, 0.717) is 38.0 Å². The zero-order valence-electron chi connectivity index (χ0n) is 16.2. The molecule has 0 aliphatic heterocycles. The van der Waals surface area contributed by atoms with E-state index in [4.69, 9.17) is 14.2 Å². The lowest BCUT2D eigenvalue weighted by Gasteiger charge is -2.60. The molecule has 28 heavy (non-hydrogen) atoms. The van der Waals surface area contributed by atoms with Crippen LogP contribution in [0.3, 0.4) is 0 Å². The molecule has 0 N–H and O–H groups in total. The highest BCUT2D eigenvalue weighted by molar-refractivity contribution is 5.88. The van der Waals surface area contributed by atoms with E-state index in [1.54, 1.807) is 0 Å². The summed E-state index contributed by atoms with van der Waals surface area (Å²) in [5.41, 5.74) is -0.964. The van der Waals surface area contributed by atoms with E-state index < -0.39 is 41.5 Å². The van der Waals surface area contributed by atoms with Crippen molar-refractivity contribution >= 4 is 17.9 Å². The van der Waals surface area contributed by atoms with Crippen LogP contribution in [0.25, 0.3) is 0 Å². The van der Waals surface area contributed by atoms with Crippen LogP contribution in [0.15, 0.2) is 12.2 Å². The van der Waals surface area contributed by atoms with Gasteiger partial charge in [-0.3, -0.25) is 0 Å². The van der Waals surface area contributed by atoms with Crippen LogP contribution in [0, 0.1) is 17.3 Å². The number of halogens is 2. The number of hydrogen-bond donors (Lipinski definition) is 0. The first kappa shape index (κ1) is 20.7. The van der Waals surface area contributed by atoms with E-state index in [1.165, 1.54) is 6.92 Å². The smallest absolute Gasteiger partial charge is 0.376 e. The second-order valence-corrected chi connectivity index (χ2v) is 8.94. The molecule has 4 fully saturated rings. The third-order valence-electron chi connectivity index (χ3n) is 6.00. The quantitative estimate of drug-likeness (QED) is 0.371. The Kier molecular flexibility index (Phi) is 5.27. The molecule has 0 aromatic carbocycles. The van der Waals surface area contributed by atoms with Gasteiger partial charge in [0.1, 0.15) is 5.60 Å². The van der Waals surface area contributed by atoms with Gasteiger partial charge in [0.15, 0.2) is 6.61 Å². The van der Waals surface area contributed by atoms with Crippen LogP contribution in [0.4, 0.5) is 8.78 Å². The van der Waals surface area contributed by atoms with Crippen LogP contribution in [-0.4, -0.2) is 42.6 Å². The molecular weight excluding hydrogens is 374 g/mol. The van der Waals surface area contributed by atoms with Crippen molar-refractivity contribution < 1.29 is 37.4 Å². The first-order valence-corrected chi connectivity index (χ1v) is 9.52. The molecule has 0 heterocycles. The molecule has 6 nitrogen and oxygen atoms in total. The molecule has 4 rings (SSSR count). The van der Waals surface area contributed by atoms with Gasteiger partial charge in [0.25, 0.3) is 0 Å². The fourth-order valence-electron chi connectivity index (χ4n) is 5.52. The first-order valence-electron chi connectivity index (χ1n) is 9.52. The summed E-state index contributed by atoms with van der Waals surface area (Å²) in [5, 5.41) is 0. The highest BCUT2D eigenvalue weighted by Gasteiger charge is 2.60. The van der Waals surface area contributed by atoms with Crippen LogP contribution in [0.1, 0.15) is 52.4 Å². The number of carbonyl (C=O) groups excluding carboxylic acids is 3. The van der Waals surface area contributed by atoms with Crippen molar-refractivity contribution in [2.75, 3.05) is 13.2 Å². The zero-order chi connectivity index (χ0) is 20.7. The summed E-state index contributed by atoms with van der Waals surface area (Å²) in [4.78, 5) is 35.2. The normalized spacial score (nSPS) is 33.3. The van der Waals surface area contributed by atoms with Gasteiger partial charge < -0.3 is 14.2 Å². The van der Waals surface area contributed by atoms with Crippen molar-refractivity contribution in [2.24, 2.45) is 17.3 Å². The molecule has 0 amide bonds. The Morgan fingerprint density at radius 1 is 1.11 bits per heavy atom. The Bertz CT molecular complexity index is 681. The zero-order valence-corrected chi connectivity index (χ0v) is 16.2. The molecule has 4 saturated carbocycles. The summed E-state index contributed by atoms with van der Waals surface area (Å²) in [6.45, 7) is 4.87. The summed E-state index contributed by atoms with van der Waals surface area (Å²) in [7, 11) is 0. The topological polar surface area (TPSA) is 78.9 Å². The van der Waals surface area contributed by atoms with Gasteiger partial charge in [-0.15, -0.1) is 0 Å². The molecule has 156 valence electrons. The lowest BCUT2D eigenvalue weighted by Crippen LogP contribution is -2.59. The predicted molar refractivity (Wildman–Crippen MR) is 93.3 cm³/mol. The third kappa shape index (κ3) is 4.36. The van der Waals surface area contributed by atoms with Crippen LogP contribution in [0.2, 0.25) is 0 Å². The van der Waals surface area contributed by atoms with Crippen molar-refractivity contribution in [3.8, 4) is 0 Å². The molecule has 2 atom stereocenters. The first-order chi connectivity index (χ1) is 12.9. The molecule has 0 saturated heterocycles. The van der Waals surface area contributed by atoms with E-state index in [-0.39, 0.29) is 12.2 Å². The van der Waals surface area contributed by atoms with Crippen molar-refractivity contribution in [2.45, 2.75) is 63.9 Å². The molecule has 0 radical (unpaired) electrons. The van der Waals surface area contributed by atoms with Crippen LogP contribution in [-0.2, 0) is 28.6 Å². The van der Waals surface area contributed by atoms with Gasteiger partial charge in [-0.05, 0) is 57.3 Å². The molecule has 4 aliphatic carbocycles. The number of alkyl halides is 2. The molecular formula is C20H26F2O6. The Labute approximate surface area is 162 Å². The van der Waals surface area contributed by atoms with Crippen LogP contribution >= 0.6 is 0 Å². The SMILES string of the molecule is C=C(C)C(=O)OCC(=O)OC12CC3CC(CC(COC(=O)C(C)(F)F)(C3)C1)C2. The maximum atomic E-state index is 13.1. The lowest BCUT2D eigenvalue weighted by molar-refractivity contribution is -0.216. The largest absolute Gasteiger partial charge is 0.461 e. The number of rotatable bonds is 7. The molecule has 0 spiro atoms. The minimum absolute atomic E-state index is 0.0911. The summed E-state index contributed by atoms with van der Waals surface area (Å²) in [6, 6.07) is 0. The van der Waals surface area contributed by atoms with Crippen molar-refractivity contribution in [1.82, 2.24) is 0 Å². The average Bonchev–Trinajstić information content (AvgIpc) is 2.54. The number of carbonyl (C=O) groups is 3. The van der Waals surface area contributed by atoms with Gasteiger partial charge in [0, 0.05) is 17.9 Å². The molecule has 4 bridgehead atoms. The number of esters is 3. The Balaban J connectivity index is 1.64. The number of hydrogen-bond acceptors (Lipinski definition) is 6. The average molecular weight is 400 g/mol. The van der Waals surface area contributed by atoms with E-state index in [9.17, 15) is 23.2 Å². The van der Waals surface area contributed by atoms with Gasteiger partial charge in [0.2, 0.25) is 0 Å². The number of ether oxygens (including phenoxy) is 3. The summed E-state index contributed by atoms with van der Waals surface area (Å²) in [5.74, 6) is -5.75. The van der Waals surface area contributed by atoms with Crippen molar-refractivity contribution in [3.63, 3.8) is 0 Å².